The molecule has 0 aromatic rings. The fraction of sp³-hybridized carbons (Fsp3) is 0.571. The summed E-state index contributed by atoms with van der Waals surface area (Å²) >= 11 is 0. The number of hydrogen-bond donors (Lipinski definition) is 1. The Morgan fingerprint density at radius 3 is 2.36 bits per heavy atom. The number of hydrogen-bond acceptors (Lipinski definition) is 4. The van der Waals surface area contributed by atoms with Gasteiger partial charge < -0.3 is 15.3 Å². The van der Waals surface area contributed by atoms with Gasteiger partial charge in [0.1, 0.15) is 12.6 Å². The summed E-state index contributed by atoms with van der Waals surface area (Å²) < 4.78 is 0. The van der Waals surface area contributed by atoms with Crippen molar-refractivity contribution in [2.45, 2.75) is 19.4 Å². The van der Waals surface area contributed by atoms with E-state index in [1.165, 1.54) is 6.92 Å². The van der Waals surface area contributed by atoms with Gasteiger partial charge in [0.15, 0.2) is 5.78 Å². The molecule has 0 aromatic heterocycles. The largest absolute Gasteiger partial charge is 0.322 e. The van der Waals surface area contributed by atoms with Gasteiger partial charge in [-0.05, 0) is 6.92 Å². The summed E-state index contributed by atoms with van der Waals surface area (Å²) in [5, 5.41) is 0. The quantitative estimate of drug-likeness (QED) is 0.423. The molecule has 1 unspecified atom stereocenters. The Morgan fingerprint density at radius 2 is 2.09 bits per heavy atom. The second-order valence-electron chi connectivity index (χ2n) is 2.34. The summed E-state index contributed by atoms with van der Waals surface area (Å²) in [6.45, 7) is 1.49. The van der Waals surface area contributed by atoms with E-state index in [1.54, 1.807) is 0 Å². The van der Waals surface area contributed by atoms with Gasteiger partial charge in [-0.3, -0.25) is 4.79 Å². The SMILES string of the molecule is C[C@H](N)C(=O)C(C=O)CC=O. The third-order valence-corrected chi connectivity index (χ3v) is 1.33. The second-order valence-corrected chi connectivity index (χ2v) is 2.34. The standard InChI is InChI=1S/C7H11NO3/c1-5(8)7(11)6(4-10)2-3-9/h3-6H,2,8H2,1H3/t5-,6?/m0/s1. The molecular formula is C7H11NO3. The maximum Gasteiger partial charge on any atom is 0.159 e. The maximum absolute atomic E-state index is 10.9. The summed E-state index contributed by atoms with van der Waals surface area (Å²) in [5.74, 6) is -1.24. The summed E-state index contributed by atoms with van der Waals surface area (Å²) in [5.41, 5.74) is 5.22. The zero-order chi connectivity index (χ0) is 8.85. The van der Waals surface area contributed by atoms with Crippen LogP contribution in [0.3, 0.4) is 0 Å². The van der Waals surface area contributed by atoms with Crippen LogP contribution < -0.4 is 5.73 Å². The van der Waals surface area contributed by atoms with Crippen molar-refractivity contribution in [3.63, 3.8) is 0 Å². The van der Waals surface area contributed by atoms with E-state index in [1.807, 2.05) is 0 Å². The van der Waals surface area contributed by atoms with E-state index >= 15 is 0 Å². The highest BCUT2D eigenvalue weighted by atomic mass is 16.1. The molecular weight excluding hydrogens is 146 g/mol. The highest BCUT2D eigenvalue weighted by Gasteiger charge is 2.19. The first-order valence-corrected chi connectivity index (χ1v) is 3.31. The van der Waals surface area contributed by atoms with Crippen LogP contribution in [0.2, 0.25) is 0 Å². The minimum Gasteiger partial charge on any atom is -0.322 e. The Morgan fingerprint density at radius 1 is 1.55 bits per heavy atom. The molecule has 11 heavy (non-hydrogen) atoms. The third kappa shape index (κ3) is 3.04. The van der Waals surface area contributed by atoms with Crippen molar-refractivity contribution in [3.05, 3.63) is 0 Å². The van der Waals surface area contributed by atoms with Gasteiger partial charge in [-0.1, -0.05) is 0 Å². The first-order valence-electron chi connectivity index (χ1n) is 3.31. The fourth-order valence-corrected chi connectivity index (χ4v) is 0.680. The van der Waals surface area contributed by atoms with Crippen LogP contribution in [0.5, 0.6) is 0 Å². The van der Waals surface area contributed by atoms with Crippen LogP contribution in [0.15, 0.2) is 0 Å². The van der Waals surface area contributed by atoms with Crippen LogP contribution in [0.1, 0.15) is 13.3 Å². The molecule has 0 spiro atoms. The third-order valence-electron chi connectivity index (χ3n) is 1.33. The van der Waals surface area contributed by atoms with Gasteiger partial charge in [-0.15, -0.1) is 0 Å². The second kappa shape index (κ2) is 4.73. The molecule has 2 atom stereocenters. The van der Waals surface area contributed by atoms with Crippen molar-refractivity contribution in [2.75, 3.05) is 0 Å². The van der Waals surface area contributed by atoms with Crippen LogP contribution in [0, 0.1) is 5.92 Å². The van der Waals surface area contributed by atoms with Crippen LogP contribution in [0.4, 0.5) is 0 Å². The molecule has 0 saturated carbocycles. The van der Waals surface area contributed by atoms with Crippen LogP contribution in [-0.2, 0) is 14.4 Å². The van der Waals surface area contributed by atoms with Gasteiger partial charge in [0.05, 0.1) is 12.0 Å². The Hall–Kier alpha value is -1.03. The van der Waals surface area contributed by atoms with Gasteiger partial charge in [0.25, 0.3) is 0 Å². The van der Waals surface area contributed by atoms with E-state index in [9.17, 15) is 14.4 Å². The number of carbonyl (C=O) groups excluding carboxylic acids is 3. The lowest BCUT2D eigenvalue weighted by Gasteiger charge is -2.07. The zero-order valence-electron chi connectivity index (χ0n) is 6.32. The lowest BCUT2D eigenvalue weighted by atomic mass is 9.98. The molecule has 0 saturated heterocycles. The Labute approximate surface area is 64.8 Å². The molecule has 62 valence electrons. The minimum absolute atomic E-state index is 0.0656. The topological polar surface area (TPSA) is 77.2 Å². The van der Waals surface area contributed by atoms with Gasteiger partial charge in [0.2, 0.25) is 0 Å². The number of nitrogens with two attached hydrogens (primary N) is 1. The van der Waals surface area contributed by atoms with Gasteiger partial charge in [-0.2, -0.15) is 0 Å². The van der Waals surface area contributed by atoms with Crippen LogP contribution >= 0.6 is 0 Å². The number of ketones is 1. The summed E-state index contributed by atoms with van der Waals surface area (Å²) in [7, 11) is 0. The first kappa shape index (κ1) is 9.97. The van der Waals surface area contributed by atoms with E-state index in [-0.39, 0.29) is 12.2 Å². The van der Waals surface area contributed by atoms with Crippen LogP contribution in [0.25, 0.3) is 0 Å². The predicted octanol–water partition coefficient (Wildman–Crippen LogP) is -0.693. The van der Waals surface area contributed by atoms with E-state index in [0.717, 1.165) is 0 Å². The average molecular weight is 157 g/mol. The van der Waals surface area contributed by atoms with Crippen molar-refractivity contribution in [1.82, 2.24) is 0 Å². The Bertz CT molecular complexity index is 165. The van der Waals surface area contributed by atoms with Gasteiger partial charge in [-0.25, -0.2) is 0 Å². The lowest BCUT2D eigenvalue weighted by molar-refractivity contribution is -0.130. The molecule has 0 aliphatic rings. The molecule has 4 heteroatoms. The number of rotatable bonds is 5. The molecule has 2 N–H and O–H groups in total. The molecule has 0 heterocycles. The predicted molar refractivity (Wildman–Crippen MR) is 38.9 cm³/mol. The molecule has 0 bridgehead atoms. The zero-order valence-corrected chi connectivity index (χ0v) is 6.32. The van der Waals surface area contributed by atoms with E-state index in [2.05, 4.69) is 0 Å². The smallest absolute Gasteiger partial charge is 0.159 e. The van der Waals surface area contributed by atoms with Crippen molar-refractivity contribution < 1.29 is 14.4 Å². The van der Waals surface area contributed by atoms with Crippen molar-refractivity contribution in [1.29, 1.82) is 0 Å². The summed E-state index contributed by atoms with van der Waals surface area (Å²) in [6.07, 6.45) is 0.934. The minimum atomic E-state index is -0.854. The Balaban J connectivity index is 4.13. The van der Waals surface area contributed by atoms with Crippen molar-refractivity contribution >= 4 is 18.4 Å². The molecule has 0 rings (SSSR count). The first-order chi connectivity index (χ1) is 5.13. The van der Waals surface area contributed by atoms with Crippen molar-refractivity contribution in [2.24, 2.45) is 11.7 Å². The molecule has 0 fully saturated rings. The molecule has 0 aromatic carbocycles. The molecule has 4 nitrogen and oxygen atoms in total. The fourth-order valence-electron chi connectivity index (χ4n) is 0.680. The van der Waals surface area contributed by atoms with E-state index in [4.69, 9.17) is 5.73 Å². The highest BCUT2D eigenvalue weighted by Crippen LogP contribution is 2.00. The van der Waals surface area contributed by atoms with Gasteiger partial charge in [0, 0.05) is 6.42 Å². The molecule has 0 radical (unpaired) electrons. The van der Waals surface area contributed by atoms with E-state index < -0.39 is 12.0 Å². The van der Waals surface area contributed by atoms with Crippen LogP contribution in [-0.4, -0.2) is 24.4 Å². The average Bonchev–Trinajstić information content (AvgIpc) is 1.98. The number of carbonyl (C=O) groups is 3. The molecule has 0 aliphatic carbocycles. The highest BCUT2D eigenvalue weighted by molar-refractivity contribution is 5.97. The van der Waals surface area contributed by atoms with Crippen molar-refractivity contribution in [3.8, 4) is 0 Å². The monoisotopic (exact) mass is 157 g/mol. The molecule has 0 amide bonds. The lowest BCUT2D eigenvalue weighted by Crippen LogP contribution is -2.33. The van der Waals surface area contributed by atoms with Gasteiger partial charge >= 0.3 is 0 Å². The summed E-state index contributed by atoms with van der Waals surface area (Å²) in [4.78, 5) is 31.1. The Kier molecular flexibility index (Phi) is 4.29. The van der Waals surface area contributed by atoms with E-state index in [0.29, 0.717) is 12.6 Å². The number of Topliss-reactive ketones (excluding diaryl/α,β-unsaturated/α-hetero) is 1. The summed E-state index contributed by atoms with van der Waals surface area (Å²) in [6, 6.07) is -0.676. The molecule has 0 aliphatic heterocycles. The number of aldehydes is 2. The normalized spacial score (nSPS) is 15.1. The maximum atomic E-state index is 10.9.